The summed E-state index contributed by atoms with van der Waals surface area (Å²) < 4.78 is 25.5. The van der Waals surface area contributed by atoms with Gasteiger partial charge in [-0.3, -0.25) is 0 Å². The van der Waals surface area contributed by atoms with Gasteiger partial charge in [-0.25, -0.2) is 8.78 Å². The largest absolute Gasteiger partial charge is 0.390 e. The Morgan fingerprint density at radius 2 is 2.07 bits per heavy atom. The summed E-state index contributed by atoms with van der Waals surface area (Å²) in [6.45, 7) is 0. The molecule has 0 aliphatic carbocycles. The van der Waals surface area contributed by atoms with Crippen LogP contribution in [-0.2, 0) is 0 Å². The zero-order valence-electron chi connectivity index (χ0n) is 7.00. The van der Waals surface area contributed by atoms with Gasteiger partial charge in [0.15, 0.2) is 0 Å². The molecule has 0 fully saturated rings. The van der Waals surface area contributed by atoms with E-state index in [0.29, 0.717) is 9.90 Å². The van der Waals surface area contributed by atoms with Gasteiger partial charge in [-0.05, 0) is 6.07 Å². The number of anilines is 1. The van der Waals surface area contributed by atoms with Crippen LogP contribution in [0.15, 0.2) is 23.1 Å². The first-order valence-electron chi connectivity index (χ1n) is 3.88. The second kappa shape index (κ2) is 3.40. The van der Waals surface area contributed by atoms with E-state index in [-0.39, 0.29) is 5.56 Å². The van der Waals surface area contributed by atoms with Crippen LogP contribution in [0.1, 0.15) is 12.0 Å². The Balaban J connectivity index is 2.67. The van der Waals surface area contributed by atoms with Crippen molar-refractivity contribution in [1.82, 2.24) is 0 Å². The molecule has 1 heterocycles. The molecule has 0 aliphatic rings. The van der Waals surface area contributed by atoms with E-state index in [2.05, 4.69) is 12.6 Å². The van der Waals surface area contributed by atoms with E-state index in [1.165, 1.54) is 23.5 Å². The van der Waals surface area contributed by atoms with Crippen molar-refractivity contribution in [1.29, 1.82) is 0 Å². The number of alkyl halides is 2. The number of thiol groups is 1. The first kappa shape index (κ1) is 9.73. The van der Waals surface area contributed by atoms with E-state index in [9.17, 15) is 8.78 Å². The Morgan fingerprint density at radius 3 is 2.71 bits per heavy atom. The molecule has 0 aliphatic heterocycles. The van der Waals surface area contributed by atoms with Gasteiger partial charge < -0.3 is 5.73 Å². The van der Waals surface area contributed by atoms with Gasteiger partial charge >= 0.3 is 0 Å². The van der Waals surface area contributed by atoms with Gasteiger partial charge in [0.05, 0.1) is 0 Å². The fourth-order valence-corrected chi connectivity index (χ4v) is 2.58. The van der Waals surface area contributed by atoms with Crippen molar-refractivity contribution in [3.8, 4) is 0 Å². The number of benzene rings is 1. The van der Waals surface area contributed by atoms with Crippen molar-refractivity contribution in [3.05, 3.63) is 23.8 Å². The lowest BCUT2D eigenvalue weighted by Gasteiger charge is -1.98. The number of rotatable bonds is 1. The number of nitrogens with two attached hydrogens (primary N) is 1. The standard InChI is InChI=1S/C9H7F2NS2/c10-8(11)4-1-2-5-6(3-4)14-9(12)7(5)13/h1-3,8,13H,12H2. The van der Waals surface area contributed by atoms with Gasteiger partial charge in [-0.1, -0.05) is 12.1 Å². The molecule has 0 saturated heterocycles. The van der Waals surface area contributed by atoms with Crippen LogP contribution in [0.4, 0.5) is 13.8 Å². The Bertz CT molecular complexity index is 479. The SMILES string of the molecule is Nc1sc2cc(C(F)F)ccc2c1S. The first-order chi connectivity index (χ1) is 6.59. The number of hydrogen-bond donors (Lipinski definition) is 2. The molecule has 0 unspecified atom stereocenters. The Morgan fingerprint density at radius 1 is 1.36 bits per heavy atom. The minimum absolute atomic E-state index is 0.0204. The molecule has 1 aromatic carbocycles. The molecule has 1 nitrogen and oxygen atoms in total. The van der Waals surface area contributed by atoms with Crippen molar-refractivity contribution in [2.24, 2.45) is 0 Å². The lowest BCUT2D eigenvalue weighted by Crippen LogP contribution is -1.81. The molecule has 2 rings (SSSR count). The summed E-state index contributed by atoms with van der Waals surface area (Å²) in [4.78, 5) is 0.672. The van der Waals surface area contributed by atoms with E-state index in [1.807, 2.05) is 0 Å². The minimum Gasteiger partial charge on any atom is -0.390 e. The molecular formula is C9H7F2NS2. The predicted molar refractivity (Wildman–Crippen MR) is 58.4 cm³/mol. The molecule has 0 spiro atoms. The second-order valence-corrected chi connectivity index (χ2v) is 4.40. The van der Waals surface area contributed by atoms with Crippen LogP contribution in [0.3, 0.4) is 0 Å². The van der Waals surface area contributed by atoms with Gasteiger partial charge in [0.25, 0.3) is 6.43 Å². The molecule has 5 heteroatoms. The van der Waals surface area contributed by atoms with Crippen molar-refractivity contribution in [2.45, 2.75) is 11.3 Å². The number of halogens is 2. The van der Waals surface area contributed by atoms with Gasteiger partial charge in [-0.15, -0.1) is 24.0 Å². The number of hydrogen-bond acceptors (Lipinski definition) is 3. The van der Waals surface area contributed by atoms with Crippen LogP contribution in [0.5, 0.6) is 0 Å². The highest BCUT2D eigenvalue weighted by Gasteiger charge is 2.11. The van der Waals surface area contributed by atoms with Crippen LogP contribution < -0.4 is 5.73 Å². The van der Waals surface area contributed by atoms with Gasteiger partial charge in [0.2, 0.25) is 0 Å². The Hall–Kier alpha value is -0.810. The smallest absolute Gasteiger partial charge is 0.263 e. The Kier molecular flexibility index (Phi) is 2.36. The second-order valence-electron chi connectivity index (χ2n) is 2.87. The fourth-order valence-electron chi connectivity index (χ4n) is 1.25. The fraction of sp³-hybridized carbons (Fsp3) is 0.111. The third kappa shape index (κ3) is 1.46. The molecule has 0 amide bonds. The zero-order valence-corrected chi connectivity index (χ0v) is 8.71. The molecular weight excluding hydrogens is 224 g/mol. The highest BCUT2D eigenvalue weighted by molar-refractivity contribution is 7.81. The van der Waals surface area contributed by atoms with E-state index >= 15 is 0 Å². The maximum Gasteiger partial charge on any atom is 0.263 e. The van der Waals surface area contributed by atoms with E-state index in [4.69, 9.17) is 5.73 Å². The molecule has 2 N–H and O–H groups in total. The van der Waals surface area contributed by atoms with Crippen LogP contribution in [-0.4, -0.2) is 0 Å². The van der Waals surface area contributed by atoms with Gasteiger partial charge in [0.1, 0.15) is 5.00 Å². The van der Waals surface area contributed by atoms with Gasteiger partial charge in [0, 0.05) is 20.5 Å². The Labute approximate surface area is 88.9 Å². The van der Waals surface area contributed by atoms with Crippen molar-refractivity contribution in [2.75, 3.05) is 5.73 Å². The maximum absolute atomic E-state index is 12.4. The zero-order chi connectivity index (χ0) is 10.3. The average molecular weight is 231 g/mol. The van der Waals surface area contributed by atoms with Crippen molar-refractivity contribution >= 4 is 39.1 Å². The molecule has 0 bridgehead atoms. The number of nitrogen functional groups attached to an aromatic ring is 1. The summed E-state index contributed by atoms with van der Waals surface area (Å²) in [6, 6.07) is 4.49. The highest BCUT2D eigenvalue weighted by Crippen LogP contribution is 2.37. The van der Waals surface area contributed by atoms with Crippen LogP contribution in [0.2, 0.25) is 0 Å². The van der Waals surface area contributed by atoms with E-state index in [1.54, 1.807) is 6.07 Å². The molecule has 0 radical (unpaired) electrons. The van der Waals surface area contributed by atoms with Crippen molar-refractivity contribution < 1.29 is 8.78 Å². The summed E-state index contributed by atoms with van der Waals surface area (Å²) in [6.07, 6.45) is -2.44. The van der Waals surface area contributed by atoms with Gasteiger partial charge in [-0.2, -0.15) is 0 Å². The lowest BCUT2D eigenvalue weighted by molar-refractivity contribution is 0.151. The molecule has 1 aromatic heterocycles. The normalized spacial score (nSPS) is 11.4. The molecule has 0 atom stereocenters. The quantitative estimate of drug-likeness (QED) is 0.719. The summed E-state index contributed by atoms with van der Waals surface area (Å²) in [5.74, 6) is 0. The third-order valence-electron chi connectivity index (χ3n) is 1.97. The molecule has 74 valence electrons. The summed E-state index contributed by atoms with van der Waals surface area (Å²) in [5, 5.41) is 1.40. The molecule has 14 heavy (non-hydrogen) atoms. The van der Waals surface area contributed by atoms with E-state index in [0.717, 1.165) is 10.1 Å². The van der Waals surface area contributed by atoms with Crippen LogP contribution in [0.25, 0.3) is 10.1 Å². The number of thiophene rings is 1. The third-order valence-corrected chi connectivity index (χ3v) is 3.58. The summed E-state index contributed by atoms with van der Waals surface area (Å²) >= 11 is 5.48. The van der Waals surface area contributed by atoms with Crippen LogP contribution in [0, 0.1) is 0 Å². The topological polar surface area (TPSA) is 26.0 Å². The van der Waals surface area contributed by atoms with Crippen LogP contribution >= 0.6 is 24.0 Å². The molecule has 0 saturated carbocycles. The minimum atomic E-state index is -2.44. The lowest BCUT2D eigenvalue weighted by atomic mass is 10.2. The summed E-state index contributed by atoms with van der Waals surface area (Å²) in [7, 11) is 0. The van der Waals surface area contributed by atoms with Crippen molar-refractivity contribution in [3.63, 3.8) is 0 Å². The maximum atomic E-state index is 12.4. The average Bonchev–Trinajstić information content (AvgIpc) is 2.42. The van der Waals surface area contributed by atoms with E-state index < -0.39 is 6.43 Å². The number of fused-ring (bicyclic) bond motifs is 1. The summed E-state index contributed by atoms with van der Waals surface area (Å²) in [5.41, 5.74) is 5.65. The predicted octanol–water partition coefficient (Wildman–Crippen LogP) is 3.71. The molecule has 2 aromatic rings. The highest BCUT2D eigenvalue weighted by atomic mass is 32.1. The first-order valence-corrected chi connectivity index (χ1v) is 5.15. The monoisotopic (exact) mass is 231 g/mol.